The number of carbonyl (C=O) groups excluding carboxylic acids is 2. The van der Waals surface area contributed by atoms with E-state index in [0.717, 1.165) is 48.3 Å². The maximum absolute atomic E-state index is 11.3. The van der Waals surface area contributed by atoms with Crippen molar-refractivity contribution >= 4 is 267 Å². The van der Waals surface area contributed by atoms with Gasteiger partial charge in [-0.1, -0.05) is 77.0 Å². The third kappa shape index (κ3) is 50.9. The molecule has 0 bridgehead atoms. The number of halogens is 10. The summed E-state index contributed by atoms with van der Waals surface area (Å²) < 4.78 is 41.1. The van der Waals surface area contributed by atoms with Gasteiger partial charge in [0.1, 0.15) is 39.7 Å². The molecule has 0 amide bonds. The average molecular weight is 2090 g/mol. The molecular weight excluding hydrogens is 2020 g/mol. The number of carboxylic acid groups (broad SMARTS) is 2. The standard InChI is InChI=1S/C16H13N5O2.C8H5ClN4O2.C8H4ClN3O3.C8H5ClN2O.C8H6N4O3.C8H7N.C7H6ClNO2.C3H3ClO.C3H8O.C2H4O2.CH2Cl2.CH4N2.Cl3OP.HNO3.H2O4S/c1-2-10-4-3-5-11(6-10)20-16-12-7-15(21(22)23)13(17)8-14(12)18-9-19-16;9-8-4-1-7(13(14)15)5(10)2-6(4)11-3-12-8;9-5-2-6-4(1-7(5)12(14)15)8(13)11-3-10-6;9-5-1-2-6-7(3-5)10-4-11-8(6)12;9-5-2-6-4(1-7(5)12(14)15)8(13)11-3-10-6;1-2-7-4-3-5-8(9)6-7;8-4-1-2-5(7(10)11)6(9)3-4;1-2-3(4)5;1-3(2)4;1-2(3)4;2*2-1-3;1-5(2,3)4;2-1(3)4;1-5(2,3)4/h1,3-9,16,20H,17H2,(H,18,19);1-3H,10H2;1-3H,(H,10,11,13);1-4H,(H,10,11,12);1-3H,9H2,(H,10,11,13);1,3-6H,9H2;1-3H,9H2,(H,10,11);2H,1H2;3-4H,1-2H3;1H3,(H,3,4);1H2;1H,(H3,2,3);;(H,2,3,4);(H2,1,2,3,4)/p-1. The SMILES string of the molecule is C#Cc1cccc(N)c1.C#Cc1cccc(NC2N=CNc3cc(N)c([N+](=O)[O-])cc32)c1.C=CC(=O)Cl.CC(=O)[O-].CC(C)O.ClCCl.N=CN.Nc1cc(Cl)ccc1C(=O)O.Nc1cc2nc[nH]c(=O)c2cc1[N+](=O)[O-].Nc1cc2ncnc(Cl)c2cc1[N+](=O)[O-].O=P(Cl)(Cl)Cl.O=S(=O)(O)O.O=[N+]([O-])O.O=c1[nH]cnc2cc(Cl)c([N+](=O)[O-])cc12.O=c1[nH]cnc2cc(Cl)ccc12. The maximum Gasteiger partial charge on any atom is 0.394 e. The van der Waals surface area contributed by atoms with Crippen molar-refractivity contribution < 1.29 is 81.8 Å². The first kappa shape index (κ1) is 121. The van der Waals surface area contributed by atoms with Crippen molar-refractivity contribution in [2.45, 2.75) is 33.0 Å². The number of hydrogen-bond donors (Lipinski definition) is 17. The van der Waals surface area contributed by atoms with Gasteiger partial charge < -0.3 is 85.3 Å². The van der Waals surface area contributed by atoms with E-state index in [0.29, 0.717) is 59.8 Å². The Balaban J connectivity index is 0. The Morgan fingerprint density at radius 3 is 1.40 bits per heavy atom. The summed E-state index contributed by atoms with van der Waals surface area (Å²) in [6.45, 7) is 7.50. The molecule has 12 aromatic rings. The number of nitrogens with one attached hydrogen (secondary N) is 6. The molecule has 60 heteroatoms. The summed E-state index contributed by atoms with van der Waals surface area (Å²) >= 11 is 50.8. The van der Waals surface area contributed by atoms with Gasteiger partial charge >= 0.3 is 21.6 Å². The van der Waals surface area contributed by atoms with E-state index in [9.17, 15) is 69.0 Å². The van der Waals surface area contributed by atoms with Gasteiger partial charge in [0.25, 0.3) is 44.5 Å². The van der Waals surface area contributed by atoms with E-state index in [1.54, 1.807) is 44.2 Å². The number of alkyl halides is 2. The monoisotopic (exact) mass is 2080 g/mol. The number of benzene rings is 8. The lowest BCUT2D eigenvalue weighted by molar-refractivity contribution is -0.742. The Bertz CT molecular complexity index is 6430. The number of nitrogens with zero attached hydrogens (tertiary/aromatic N) is 11. The van der Waals surface area contributed by atoms with Crippen molar-refractivity contribution in [1.29, 1.82) is 5.41 Å². The van der Waals surface area contributed by atoms with Crippen LogP contribution in [0.4, 0.5) is 62.6 Å². The summed E-state index contributed by atoms with van der Waals surface area (Å²) in [5.74, 6) is 2.92. The molecule has 0 fully saturated rings. The molecule has 1 aliphatic rings. The molecule has 0 saturated heterocycles. The number of aliphatic hydroxyl groups excluding tert-OH is 1. The number of aliphatic carboxylic acids is 1. The normalized spacial score (nSPS) is 10.4. The van der Waals surface area contributed by atoms with Crippen LogP contribution in [-0.4, -0.2) is 139 Å². The van der Waals surface area contributed by atoms with E-state index in [1.807, 2.05) is 36.4 Å². The smallest absolute Gasteiger partial charge is 0.394 e. The molecule has 0 aliphatic carbocycles. The summed E-state index contributed by atoms with van der Waals surface area (Å²) in [5, 5.41) is 92.8. The fourth-order valence-electron chi connectivity index (χ4n) is 8.49. The third-order valence-corrected chi connectivity index (χ3v) is 14.6. The number of carbonyl (C=O) groups is 3. The predicted molar refractivity (Wildman–Crippen MR) is 509 cm³/mol. The largest absolute Gasteiger partial charge is 0.550 e. The summed E-state index contributed by atoms with van der Waals surface area (Å²) in [4.78, 5) is 142. The number of terminal acetylenes is 2. The number of carboxylic acids is 2. The number of allylic oxidation sites excluding steroid dienone is 1. The summed E-state index contributed by atoms with van der Waals surface area (Å²) in [7, 11) is -4.67. The fourth-order valence-corrected chi connectivity index (χ4v) is 9.26. The molecule has 5 heterocycles. The van der Waals surface area contributed by atoms with Gasteiger partial charge in [0.05, 0.1) is 100 Å². The number of aromatic nitrogens is 8. The number of anilines is 7. The van der Waals surface area contributed by atoms with Crippen LogP contribution >= 0.6 is 120 Å². The molecule has 0 saturated carbocycles. The van der Waals surface area contributed by atoms with Crippen LogP contribution in [0.5, 0.6) is 0 Å². The van der Waals surface area contributed by atoms with Crippen LogP contribution in [0, 0.1) is 80.7 Å². The number of aromatic amines is 3. The number of aromatic carboxylic acids is 1. The van der Waals surface area contributed by atoms with Crippen molar-refractivity contribution in [3.05, 3.63) is 296 Å². The van der Waals surface area contributed by atoms with Crippen molar-refractivity contribution in [1.82, 2.24) is 39.9 Å². The van der Waals surface area contributed by atoms with Crippen molar-refractivity contribution in [2.75, 3.05) is 44.6 Å². The van der Waals surface area contributed by atoms with Gasteiger partial charge in [-0.25, -0.2) is 34.7 Å². The zero-order valence-corrected chi connectivity index (χ0v) is 76.7. The number of nitrogen functional groups attached to an aromatic ring is 5. The average Bonchev–Trinajstić information content (AvgIpc) is 0.791. The van der Waals surface area contributed by atoms with E-state index < -0.39 is 74.8 Å². The zero-order chi connectivity index (χ0) is 102. The number of aliphatic hydroxyl groups is 1. The number of nitro benzene ring substituents is 4. The van der Waals surface area contributed by atoms with Gasteiger partial charge in [-0.15, -0.1) is 46.2 Å². The summed E-state index contributed by atoms with van der Waals surface area (Å²) in [5.41, 5.74) is 36.4. The Morgan fingerprint density at radius 2 is 0.992 bits per heavy atom. The minimum atomic E-state index is -4.67. The number of nitrogens with two attached hydrogens (primary N) is 6. The van der Waals surface area contributed by atoms with Gasteiger partial charge in [-0.2, -0.15) is 8.42 Å². The molecule has 48 nitrogen and oxygen atoms in total. The van der Waals surface area contributed by atoms with Gasteiger partial charge in [0, 0.05) is 91.2 Å². The van der Waals surface area contributed by atoms with Crippen LogP contribution < -0.4 is 66.8 Å². The van der Waals surface area contributed by atoms with E-state index in [1.165, 1.54) is 86.2 Å². The van der Waals surface area contributed by atoms with Gasteiger partial charge in [-0.05, 0) is 169 Å². The third-order valence-electron chi connectivity index (χ3n) is 13.4. The summed E-state index contributed by atoms with van der Waals surface area (Å²) in [6, 6.07) is 34.3. The van der Waals surface area contributed by atoms with Crippen LogP contribution in [-0.2, 0) is 24.6 Å². The van der Waals surface area contributed by atoms with Crippen molar-refractivity contribution in [3.8, 4) is 24.7 Å². The number of H-pyrrole nitrogens is 3. The Kier molecular flexibility index (Phi) is 56.1. The lowest BCUT2D eigenvalue weighted by atomic mass is 10.1. The second kappa shape index (κ2) is 61.9. The molecule has 1 aliphatic heterocycles. The maximum atomic E-state index is 11.3. The minimum absolute atomic E-state index is 0.00870. The summed E-state index contributed by atoms with van der Waals surface area (Å²) in [6.07, 6.45) is 18.3. The predicted octanol–water partition coefficient (Wildman–Crippen LogP) is 13.7. The van der Waals surface area contributed by atoms with Crippen LogP contribution in [0.25, 0.3) is 43.6 Å². The van der Waals surface area contributed by atoms with Crippen LogP contribution in [0.2, 0.25) is 20.2 Å². The molecule has 133 heavy (non-hydrogen) atoms. The molecule has 708 valence electrons. The molecule has 0 spiro atoms. The zero-order valence-electron chi connectivity index (χ0n) is 67.4. The van der Waals surface area contributed by atoms with Crippen LogP contribution in [0.3, 0.4) is 0 Å². The quantitative estimate of drug-likeness (QED) is 0.00546. The van der Waals surface area contributed by atoms with E-state index >= 15 is 0 Å². The van der Waals surface area contributed by atoms with Crippen molar-refractivity contribution in [2.24, 2.45) is 10.7 Å². The van der Waals surface area contributed by atoms with Crippen LogP contribution in [0.1, 0.15) is 54.0 Å². The first-order chi connectivity index (χ1) is 61.9. The molecule has 8 aromatic carbocycles. The molecule has 13 rings (SSSR count). The number of rotatable bonds is 8. The second-order valence-corrected chi connectivity index (χ2v) is 33.5. The highest BCUT2D eigenvalue weighted by molar-refractivity contribution is 8.24. The number of fused-ring (bicyclic) bond motifs is 5. The highest BCUT2D eigenvalue weighted by atomic mass is 36.0. The van der Waals surface area contributed by atoms with Crippen molar-refractivity contribution in [3.63, 3.8) is 0 Å². The molecule has 0 radical (unpaired) electrons. The molecule has 1 unspecified atom stereocenters. The van der Waals surface area contributed by atoms with Gasteiger partial charge in [-0.3, -0.25) is 78.7 Å². The lowest BCUT2D eigenvalue weighted by Crippen LogP contribution is -2.17. The Labute approximate surface area is 796 Å². The topological polar surface area (TPSA) is 822 Å². The molecule has 4 aromatic heterocycles. The fraction of sp³-hybridized carbons (Fsp3) is 0.0822. The van der Waals surface area contributed by atoms with E-state index in [4.69, 9.17) is 181 Å². The highest BCUT2D eigenvalue weighted by Crippen LogP contribution is 2.61. The van der Waals surface area contributed by atoms with E-state index in [2.05, 4.69) is 113 Å². The second-order valence-electron chi connectivity index (χ2n) is 23.2. The first-order valence-electron chi connectivity index (χ1n) is 34.1. The van der Waals surface area contributed by atoms with E-state index in [-0.39, 0.29) is 89.0 Å². The molecule has 23 N–H and O–H groups in total. The Morgan fingerprint density at radius 1 is 0.624 bits per heavy atom. The lowest BCUT2D eigenvalue weighted by Gasteiger charge is -2.23. The first-order valence-corrected chi connectivity index (χ1v) is 42.9. The molecule has 1 atom stereocenters. The van der Waals surface area contributed by atoms with Gasteiger partial charge in [0.15, 0.2) is 0 Å². The molecular formula is C73H69Cl10N23O25PS-. The number of aliphatic imine (C=N–C) groups is 1. The Hall–Kier alpha value is -14.5. The van der Waals surface area contributed by atoms with Gasteiger partial charge in [0.2, 0.25) is 5.24 Å². The number of hydrogen-bond acceptors (Lipinski definition) is 35. The highest BCUT2D eigenvalue weighted by Gasteiger charge is 2.24. The minimum Gasteiger partial charge on any atom is -0.550 e. The van der Waals surface area contributed by atoms with Crippen LogP contribution in [0.15, 0.2) is 191 Å². The number of nitro groups is 4.